The summed E-state index contributed by atoms with van der Waals surface area (Å²) in [6.45, 7) is 0.378. The summed E-state index contributed by atoms with van der Waals surface area (Å²) >= 11 is 0. The molecule has 0 unspecified atom stereocenters. The van der Waals surface area contributed by atoms with Crippen molar-refractivity contribution in [2.24, 2.45) is 0 Å². The lowest BCUT2D eigenvalue weighted by atomic mass is 10.2. The number of carbonyl (C=O) groups excluding carboxylic acids is 1. The number of aliphatic carboxylic acids is 1. The smallest absolute Gasteiger partial charge is 0.305 e. The Morgan fingerprint density at radius 3 is 2.39 bits per heavy atom. The molecule has 1 amide bonds. The fraction of sp³-hybridized carbons (Fsp3) is 0.417. The maximum atomic E-state index is 11.6. The van der Waals surface area contributed by atoms with E-state index in [1.807, 2.05) is 0 Å². The zero-order valence-corrected chi connectivity index (χ0v) is 10.8. The van der Waals surface area contributed by atoms with Gasteiger partial charge in [0.2, 0.25) is 0 Å². The SMILES string of the molecule is CN(C)C(=O)c1ccc(N(C)CCC(=O)O)nc1. The lowest BCUT2D eigenvalue weighted by Gasteiger charge is -2.17. The fourth-order valence-electron chi connectivity index (χ4n) is 1.37. The standard InChI is InChI=1S/C12H17N3O3/c1-14(2)12(18)9-4-5-10(13-8-9)15(3)7-6-11(16)17/h4-5,8H,6-7H2,1-3H3,(H,16,17). The molecule has 1 aromatic rings. The highest BCUT2D eigenvalue weighted by Gasteiger charge is 2.10. The second-order valence-electron chi connectivity index (χ2n) is 4.17. The first kappa shape index (κ1) is 14.0. The molecule has 0 saturated carbocycles. The fourth-order valence-corrected chi connectivity index (χ4v) is 1.37. The van der Waals surface area contributed by atoms with Gasteiger partial charge in [0.15, 0.2) is 0 Å². The van der Waals surface area contributed by atoms with E-state index in [2.05, 4.69) is 4.98 Å². The molecule has 0 aromatic carbocycles. The molecule has 0 aliphatic heterocycles. The second-order valence-corrected chi connectivity index (χ2v) is 4.17. The number of rotatable bonds is 5. The summed E-state index contributed by atoms with van der Waals surface area (Å²) < 4.78 is 0. The third kappa shape index (κ3) is 3.73. The molecule has 0 fully saturated rings. The third-order valence-corrected chi connectivity index (χ3v) is 2.45. The van der Waals surface area contributed by atoms with Crippen molar-refractivity contribution >= 4 is 17.7 Å². The van der Waals surface area contributed by atoms with Crippen molar-refractivity contribution in [2.75, 3.05) is 32.6 Å². The van der Waals surface area contributed by atoms with Crippen LogP contribution in [0.15, 0.2) is 18.3 Å². The number of nitrogens with zero attached hydrogens (tertiary/aromatic N) is 3. The summed E-state index contributed by atoms with van der Waals surface area (Å²) in [6, 6.07) is 3.39. The van der Waals surface area contributed by atoms with Crippen LogP contribution >= 0.6 is 0 Å². The lowest BCUT2D eigenvalue weighted by Crippen LogP contribution is -2.24. The van der Waals surface area contributed by atoms with Crippen LogP contribution in [0.3, 0.4) is 0 Å². The Hall–Kier alpha value is -2.11. The van der Waals surface area contributed by atoms with Crippen molar-refractivity contribution in [3.63, 3.8) is 0 Å². The molecule has 0 radical (unpaired) electrons. The molecule has 1 N–H and O–H groups in total. The van der Waals surface area contributed by atoms with Crippen molar-refractivity contribution in [3.05, 3.63) is 23.9 Å². The summed E-state index contributed by atoms with van der Waals surface area (Å²) in [4.78, 5) is 29.4. The molecule has 98 valence electrons. The van der Waals surface area contributed by atoms with Crippen molar-refractivity contribution in [3.8, 4) is 0 Å². The number of hydrogen-bond acceptors (Lipinski definition) is 4. The Balaban J connectivity index is 2.70. The van der Waals surface area contributed by atoms with Crippen LogP contribution in [0.1, 0.15) is 16.8 Å². The van der Waals surface area contributed by atoms with E-state index in [-0.39, 0.29) is 12.3 Å². The Labute approximate surface area is 106 Å². The largest absolute Gasteiger partial charge is 0.481 e. The molecular formula is C12H17N3O3. The van der Waals surface area contributed by atoms with Crippen LogP contribution in [-0.4, -0.2) is 54.6 Å². The molecule has 1 heterocycles. The predicted octanol–water partition coefficient (Wildman–Crippen LogP) is 0.694. The van der Waals surface area contributed by atoms with Gasteiger partial charge in [0.1, 0.15) is 5.82 Å². The topological polar surface area (TPSA) is 73.7 Å². The van der Waals surface area contributed by atoms with Crippen molar-refractivity contribution in [1.82, 2.24) is 9.88 Å². The van der Waals surface area contributed by atoms with E-state index in [4.69, 9.17) is 5.11 Å². The van der Waals surface area contributed by atoms with E-state index < -0.39 is 5.97 Å². The van der Waals surface area contributed by atoms with Crippen molar-refractivity contribution in [1.29, 1.82) is 0 Å². The number of carboxylic acid groups (broad SMARTS) is 1. The van der Waals surface area contributed by atoms with Crippen LogP contribution in [0.4, 0.5) is 5.82 Å². The highest BCUT2D eigenvalue weighted by atomic mass is 16.4. The van der Waals surface area contributed by atoms with Gasteiger partial charge in [0.25, 0.3) is 5.91 Å². The van der Waals surface area contributed by atoms with Gasteiger partial charge in [0, 0.05) is 33.9 Å². The molecule has 0 spiro atoms. The summed E-state index contributed by atoms with van der Waals surface area (Å²) in [7, 11) is 5.11. The molecule has 0 aliphatic carbocycles. The van der Waals surface area contributed by atoms with Gasteiger partial charge in [-0.25, -0.2) is 4.98 Å². The van der Waals surface area contributed by atoms with Gasteiger partial charge in [0.05, 0.1) is 12.0 Å². The lowest BCUT2D eigenvalue weighted by molar-refractivity contribution is -0.136. The number of hydrogen-bond donors (Lipinski definition) is 1. The number of amides is 1. The number of carbonyl (C=O) groups is 2. The van der Waals surface area contributed by atoms with Crippen molar-refractivity contribution in [2.45, 2.75) is 6.42 Å². The quantitative estimate of drug-likeness (QED) is 0.833. The Morgan fingerprint density at radius 2 is 1.94 bits per heavy atom. The maximum absolute atomic E-state index is 11.6. The highest BCUT2D eigenvalue weighted by Crippen LogP contribution is 2.10. The number of aromatic nitrogens is 1. The minimum Gasteiger partial charge on any atom is -0.481 e. The predicted molar refractivity (Wildman–Crippen MR) is 67.8 cm³/mol. The Morgan fingerprint density at radius 1 is 1.28 bits per heavy atom. The zero-order chi connectivity index (χ0) is 13.7. The number of anilines is 1. The summed E-state index contributed by atoms with van der Waals surface area (Å²) in [6.07, 6.45) is 1.55. The van der Waals surface area contributed by atoms with Crippen LogP contribution in [0.2, 0.25) is 0 Å². The van der Waals surface area contributed by atoms with Gasteiger partial charge in [-0.3, -0.25) is 9.59 Å². The van der Waals surface area contributed by atoms with E-state index in [0.717, 1.165) is 0 Å². The molecule has 1 aromatic heterocycles. The van der Waals surface area contributed by atoms with Gasteiger partial charge in [-0.1, -0.05) is 0 Å². The second kappa shape index (κ2) is 6.00. The first-order valence-electron chi connectivity index (χ1n) is 5.52. The van der Waals surface area contributed by atoms with Gasteiger partial charge in [-0.15, -0.1) is 0 Å². The van der Waals surface area contributed by atoms with Crippen LogP contribution in [0.5, 0.6) is 0 Å². The Kier molecular flexibility index (Phi) is 4.65. The van der Waals surface area contributed by atoms with Crippen LogP contribution in [-0.2, 0) is 4.79 Å². The molecule has 6 nitrogen and oxygen atoms in total. The minimum atomic E-state index is -0.846. The average molecular weight is 251 g/mol. The third-order valence-electron chi connectivity index (χ3n) is 2.45. The van der Waals surface area contributed by atoms with Gasteiger partial charge < -0.3 is 14.9 Å². The van der Waals surface area contributed by atoms with Crippen LogP contribution < -0.4 is 4.90 Å². The zero-order valence-electron chi connectivity index (χ0n) is 10.8. The van der Waals surface area contributed by atoms with Crippen LogP contribution in [0, 0.1) is 0 Å². The van der Waals surface area contributed by atoms with E-state index >= 15 is 0 Å². The highest BCUT2D eigenvalue weighted by molar-refractivity contribution is 5.93. The van der Waals surface area contributed by atoms with E-state index in [1.54, 1.807) is 38.2 Å². The first-order valence-corrected chi connectivity index (χ1v) is 5.52. The molecule has 0 bridgehead atoms. The van der Waals surface area contributed by atoms with Crippen LogP contribution in [0.25, 0.3) is 0 Å². The molecule has 0 atom stereocenters. The minimum absolute atomic E-state index is 0.0521. The monoisotopic (exact) mass is 251 g/mol. The molecule has 6 heteroatoms. The molecular weight excluding hydrogens is 234 g/mol. The van der Waals surface area contributed by atoms with E-state index in [9.17, 15) is 9.59 Å². The molecule has 0 saturated heterocycles. The van der Waals surface area contributed by atoms with Crippen molar-refractivity contribution < 1.29 is 14.7 Å². The van der Waals surface area contributed by atoms with Gasteiger partial charge in [-0.05, 0) is 12.1 Å². The van der Waals surface area contributed by atoms with Gasteiger partial charge in [-0.2, -0.15) is 0 Å². The summed E-state index contributed by atoms with van der Waals surface area (Å²) in [5, 5.41) is 8.59. The Bertz CT molecular complexity index is 429. The molecule has 1 rings (SSSR count). The van der Waals surface area contributed by atoms with E-state index in [1.165, 1.54) is 11.1 Å². The average Bonchev–Trinajstić information content (AvgIpc) is 2.35. The first-order chi connectivity index (χ1) is 8.41. The van der Waals surface area contributed by atoms with Gasteiger partial charge >= 0.3 is 5.97 Å². The molecule has 18 heavy (non-hydrogen) atoms. The molecule has 0 aliphatic rings. The summed E-state index contributed by atoms with van der Waals surface area (Å²) in [5.41, 5.74) is 0.510. The summed E-state index contributed by atoms with van der Waals surface area (Å²) in [5.74, 6) is -0.310. The van der Waals surface area contributed by atoms with E-state index in [0.29, 0.717) is 17.9 Å². The number of carboxylic acids is 1. The normalized spacial score (nSPS) is 9.94. The number of pyridine rings is 1. The maximum Gasteiger partial charge on any atom is 0.305 e.